The monoisotopic (exact) mass is 361 g/mol. The molecular weight excluding hydrogens is 354 g/mol. The molecule has 0 aromatic carbocycles. The maximum Gasteiger partial charge on any atom is 0.143 e. The van der Waals surface area contributed by atoms with E-state index in [1.54, 1.807) is 17.5 Å². The molecule has 0 bridgehead atoms. The summed E-state index contributed by atoms with van der Waals surface area (Å²) >= 11 is 8.39. The first-order chi connectivity index (χ1) is 7.58. The van der Waals surface area contributed by atoms with Gasteiger partial charge in [0.05, 0.1) is 5.69 Å². The van der Waals surface area contributed by atoms with Crippen molar-refractivity contribution in [2.45, 2.75) is 13.0 Å². The number of hydrogen-bond donors (Lipinski definition) is 1. The normalized spacial score (nSPS) is 12.8. The molecule has 1 unspecified atom stereocenters. The molecule has 0 aliphatic carbocycles. The van der Waals surface area contributed by atoms with E-state index in [0.717, 1.165) is 25.3 Å². The average molecular weight is 363 g/mol. The van der Waals surface area contributed by atoms with Crippen molar-refractivity contribution in [1.29, 1.82) is 0 Å². The van der Waals surface area contributed by atoms with Crippen molar-refractivity contribution < 1.29 is 0 Å². The van der Waals surface area contributed by atoms with Gasteiger partial charge in [0.15, 0.2) is 0 Å². The van der Waals surface area contributed by atoms with Crippen LogP contribution in [-0.2, 0) is 0 Å². The van der Waals surface area contributed by atoms with Crippen LogP contribution < -0.4 is 5.73 Å². The molecule has 0 amide bonds. The zero-order valence-electron chi connectivity index (χ0n) is 8.45. The van der Waals surface area contributed by atoms with Crippen molar-refractivity contribution in [3.8, 4) is 10.7 Å². The molecule has 2 heterocycles. The highest BCUT2D eigenvalue weighted by Crippen LogP contribution is 2.31. The van der Waals surface area contributed by atoms with Gasteiger partial charge in [-0.15, -0.1) is 11.3 Å². The van der Waals surface area contributed by atoms with Gasteiger partial charge in [-0.3, -0.25) is 4.98 Å². The molecule has 2 N–H and O–H groups in total. The van der Waals surface area contributed by atoms with E-state index in [2.05, 4.69) is 41.8 Å². The first kappa shape index (κ1) is 12.2. The number of nitrogens with zero attached hydrogens (tertiary/aromatic N) is 2. The van der Waals surface area contributed by atoms with E-state index in [4.69, 9.17) is 5.73 Å². The van der Waals surface area contributed by atoms with E-state index in [-0.39, 0.29) is 6.04 Å². The van der Waals surface area contributed by atoms with E-state index in [1.165, 1.54) is 0 Å². The second kappa shape index (κ2) is 4.91. The highest BCUT2D eigenvalue weighted by Gasteiger charge is 2.11. The molecule has 16 heavy (non-hydrogen) atoms. The van der Waals surface area contributed by atoms with Gasteiger partial charge in [0.1, 0.15) is 10.7 Å². The zero-order chi connectivity index (χ0) is 11.7. The van der Waals surface area contributed by atoms with Gasteiger partial charge in [0, 0.05) is 26.6 Å². The van der Waals surface area contributed by atoms with Crippen molar-refractivity contribution in [2.75, 3.05) is 0 Å². The molecule has 0 spiro atoms. The van der Waals surface area contributed by atoms with Crippen molar-refractivity contribution in [3.05, 3.63) is 32.3 Å². The van der Waals surface area contributed by atoms with Gasteiger partial charge in [0.25, 0.3) is 0 Å². The minimum absolute atomic E-state index is 0.0424. The summed E-state index contributed by atoms with van der Waals surface area (Å²) in [5.41, 5.74) is 7.52. The van der Waals surface area contributed by atoms with Crippen LogP contribution in [0, 0.1) is 0 Å². The fourth-order valence-corrected chi connectivity index (χ4v) is 3.41. The third kappa shape index (κ3) is 2.51. The molecule has 2 rings (SSSR count). The molecule has 6 heteroatoms. The molecule has 0 fully saturated rings. The summed E-state index contributed by atoms with van der Waals surface area (Å²) in [7, 11) is 0. The molecule has 2 aromatic heterocycles. The summed E-state index contributed by atoms with van der Waals surface area (Å²) in [6, 6.07) is 1.91. The predicted octanol–water partition coefficient (Wildman–Crippen LogP) is 3.75. The minimum Gasteiger partial charge on any atom is -0.323 e. The topological polar surface area (TPSA) is 51.8 Å². The summed E-state index contributed by atoms with van der Waals surface area (Å²) in [6.07, 6.45) is 1.76. The van der Waals surface area contributed by atoms with Crippen molar-refractivity contribution in [3.63, 3.8) is 0 Å². The number of rotatable bonds is 2. The Morgan fingerprint density at radius 1 is 1.44 bits per heavy atom. The van der Waals surface area contributed by atoms with E-state index >= 15 is 0 Å². The molecule has 0 saturated heterocycles. The van der Waals surface area contributed by atoms with Crippen molar-refractivity contribution in [1.82, 2.24) is 9.97 Å². The third-order valence-corrected chi connectivity index (χ3v) is 3.90. The van der Waals surface area contributed by atoms with Crippen LogP contribution in [-0.4, -0.2) is 9.97 Å². The smallest absolute Gasteiger partial charge is 0.143 e. The lowest BCUT2D eigenvalue weighted by Gasteiger charge is -2.00. The largest absolute Gasteiger partial charge is 0.323 e. The maximum absolute atomic E-state index is 5.77. The summed E-state index contributed by atoms with van der Waals surface area (Å²) in [4.78, 5) is 8.79. The summed E-state index contributed by atoms with van der Waals surface area (Å²) in [6.45, 7) is 1.92. The number of halogens is 2. The molecule has 0 aliphatic rings. The highest BCUT2D eigenvalue weighted by molar-refractivity contribution is 9.11. The fourth-order valence-electron chi connectivity index (χ4n) is 1.18. The number of pyridine rings is 1. The van der Waals surface area contributed by atoms with Crippen LogP contribution in [0.4, 0.5) is 0 Å². The second-order valence-corrected chi connectivity index (χ2v) is 5.98. The van der Waals surface area contributed by atoms with Gasteiger partial charge < -0.3 is 5.73 Å². The number of aromatic nitrogens is 2. The molecule has 3 nitrogen and oxygen atoms in total. The van der Waals surface area contributed by atoms with Crippen LogP contribution in [0.5, 0.6) is 0 Å². The van der Waals surface area contributed by atoms with Crippen LogP contribution >= 0.6 is 43.2 Å². The number of thiazole rings is 1. The predicted molar refractivity (Wildman–Crippen MR) is 73.3 cm³/mol. The van der Waals surface area contributed by atoms with Crippen molar-refractivity contribution >= 4 is 43.2 Å². The molecule has 0 saturated carbocycles. The van der Waals surface area contributed by atoms with E-state index in [0.29, 0.717) is 0 Å². The fraction of sp³-hybridized carbons (Fsp3) is 0.200. The zero-order valence-corrected chi connectivity index (χ0v) is 12.4. The molecular formula is C10H9Br2N3S. The number of nitrogens with two attached hydrogens (primary N) is 1. The van der Waals surface area contributed by atoms with Crippen LogP contribution in [0.15, 0.2) is 26.6 Å². The Bertz CT molecular complexity index is 511. The lowest BCUT2D eigenvalue weighted by Crippen LogP contribution is -2.04. The molecule has 84 valence electrons. The van der Waals surface area contributed by atoms with Gasteiger partial charge in [0.2, 0.25) is 0 Å². The first-order valence-corrected chi connectivity index (χ1v) is 7.07. The Kier molecular flexibility index (Phi) is 3.73. The van der Waals surface area contributed by atoms with Gasteiger partial charge in [-0.1, -0.05) is 0 Å². The van der Waals surface area contributed by atoms with E-state index in [1.807, 2.05) is 18.4 Å². The van der Waals surface area contributed by atoms with Gasteiger partial charge >= 0.3 is 0 Å². The molecule has 2 aromatic rings. The average Bonchev–Trinajstić information content (AvgIpc) is 2.66. The standard InChI is InChI=1S/C10H9Br2N3S/c1-5(13)8-4-16-10(15-8)9-7(12)2-6(11)3-14-9/h2-5H,13H2,1H3. The Hall–Kier alpha value is -0.300. The maximum atomic E-state index is 5.77. The minimum atomic E-state index is -0.0424. The van der Waals surface area contributed by atoms with Crippen LogP contribution in [0.25, 0.3) is 10.7 Å². The molecule has 0 aliphatic heterocycles. The molecule has 1 atom stereocenters. The van der Waals surface area contributed by atoms with Crippen LogP contribution in [0.3, 0.4) is 0 Å². The summed E-state index contributed by atoms with van der Waals surface area (Å²) in [5, 5.41) is 2.85. The third-order valence-electron chi connectivity index (χ3n) is 2.00. The van der Waals surface area contributed by atoms with Crippen LogP contribution in [0.2, 0.25) is 0 Å². The van der Waals surface area contributed by atoms with E-state index < -0.39 is 0 Å². The van der Waals surface area contributed by atoms with Gasteiger partial charge in [-0.05, 0) is 44.8 Å². The summed E-state index contributed by atoms with van der Waals surface area (Å²) < 4.78 is 1.86. The Labute approximate surface area is 114 Å². The van der Waals surface area contributed by atoms with E-state index in [9.17, 15) is 0 Å². The van der Waals surface area contributed by atoms with Crippen molar-refractivity contribution in [2.24, 2.45) is 5.73 Å². The quantitative estimate of drug-likeness (QED) is 0.884. The second-order valence-electron chi connectivity index (χ2n) is 3.35. The Morgan fingerprint density at radius 2 is 2.19 bits per heavy atom. The summed E-state index contributed by atoms with van der Waals surface area (Å²) in [5.74, 6) is 0. The Morgan fingerprint density at radius 3 is 2.75 bits per heavy atom. The Balaban J connectivity index is 2.42. The van der Waals surface area contributed by atoms with Gasteiger partial charge in [-0.25, -0.2) is 4.98 Å². The van der Waals surface area contributed by atoms with Crippen LogP contribution in [0.1, 0.15) is 18.7 Å². The lowest BCUT2D eigenvalue weighted by atomic mass is 10.3. The lowest BCUT2D eigenvalue weighted by molar-refractivity contribution is 0.790. The first-order valence-electron chi connectivity index (χ1n) is 4.60. The molecule has 0 radical (unpaired) electrons. The highest BCUT2D eigenvalue weighted by atomic mass is 79.9. The number of hydrogen-bond acceptors (Lipinski definition) is 4. The van der Waals surface area contributed by atoms with Gasteiger partial charge in [-0.2, -0.15) is 0 Å². The SMILES string of the molecule is CC(N)c1csc(-c2ncc(Br)cc2Br)n1.